The molecule has 0 fully saturated rings. The van der Waals surface area contributed by atoms with Gasteiger partial charge in [0.25, 0.3) is 5.91 Å². The highest BCUT2D eigenvalue weighted by Crippen LogP contribution is 2.02. The van der Waals surface area contributed by atoms with Gasteiger partial charge < -0.3 is 16.0 Å². The number of nitrogens with zero attached hydrogens (tertiary/aromatic N) is 4. The molecule has 0 aliphatic rings. The molecule has 0 saturated heterocycles. The molecule has 1 amide bonds. The van der Waals surface area contributed by atoms with E-state index in [1.807, 2.05) is 18.5 Å². The summed E-state index contributed by atoms with van der Waals surface area (Å²) < 4.78 is 2.01. The zero-order valence-corrected chi connectivity index (χ0v) is 16.3. The molecule has 2 rings (SSSR count). The monoisotopic (exact) mass is 371 g/mol. The Labute approximate surface area is 160 Å². The van der Waals surface area contributed by atoms with Crippen molar-refractivity contribution in [2.75, 3.05) is 26.2 Å². The van der Waals surface area contributed by atoms with E-state index in [2.05, 4.69) is 44.0 Å². The van der Waals surface area contributed by atoms with Crippen LogP contribution in [0, 0.1) is 13.8 Å². The normalized spacial score (nSPS) is 11.3. The number of carbonyl (C=O) groups is 1. The van der Waals surface area contributed by atoms with Crippen molar-refractivity contribution in [1.82, 2.24) is 30.7 Å². The molecule has 146 valence electrons. The second-order valence-electron chi connectivity index (χ2n) is 6.19. The molecule has 8 heteroatoms. The van der Waals surface area contributed by atoms with E-state index in [1.165, 1.54) is 5.69 Å². The highest BCUT2D eigenvalue weighted by Gasteiger charge is 2.04. The van der Waals surface area contributed by atoms with Crippen LogP contribution in [0.15, 0.2) is 35.6 Å². The standard InChI is InChI=1S/C19H29N7O/c1-4-21-19(23-9-6-12-26-16(3)13-15(2)25-26)24-11-10-22-18(27)17-7-5-8-20-14-17/h5,7-8,13-14H,4,6,9-12H2,1-3H3,(H,22,27)(H2,21,23,24). The topological polar surface area (TPSA) is 96.2 Å². The van der Waals surface area contributed by atoms with E-state index in [9.17, 15) is 4.79 Å². The molecule has 0 spiro atoms. The first-order valence-corrected chi connectivity index (χ1v) is 9.31. The second kappa shape index (κ2) is 10.9. The Morgan fingerprint density at radius 3 is 2.70 bits per heavy atom. The molecule has 0 saturated carbocycles. The Morgan fingerprint density at radius 1 is 1.22 bits per heavy atom. The number of guanidine groups is 1. The quantitative estimate of drug-likeness (QED) is 0.350. The highest BCUT2D eigenvalue weighted by molar-refractivity contribution is 5.93. The van der Waals surface area contributed by atoms with Crippen LogP contribution in [0.5, 0.6) is 0 Å². The van der Waals surface area contributed by atoms with Gasteiger partial charge in [0, 0.05) is 50.8 Å². The van der Waals surface area contributed by atoms with Crippen LogP contribution in [0.3, 0.4) is 0 Å². The Balaban J connectivity index is 1.70. The summed E-state index contributed by atoms with van der Waals surface area (Å²) in [6.07, 6.45) is 4.11. The summed E-state index contributed by atoms with van der Waals surface area (Å²) in [4.78, 5) is 20.5. The molecule has 0 aliphatic heterocycles. The van der Waals surface area contributed by atoms with Crippen LogP contribution in [0.4, 0.5) is 0 Å². The zero-order valence-electron chi connectivity index (χ0n) is 16.3. The summed E-state index contributed by atoms with van der Waals surface area (Å²) in [7, 11) is 0. The van der Waals surface area contributed by atoms with Crippen LogP contribution in [-0.4, -0.2) is 52.8 Å². The van der Waals surface area contributed by atoms with Gasteiger partial charge in [-0.05, 0) is 45.4 Å². The molecule has 27 heavy (non-hydrogen) atoms. The first-order valence-electron chi connectivity index (χ1n) is 9.31. The van der Waals surface area contributed by atoms with Crippen molar-refractivity contribution in [3.8, 4) is 0 Å². The zero-order chi connectivity index (χ0) is 19.5. The van der Waals surface area contributed by atoms with Crippen LogP contribution >= 0.6 is 0 Å². The third kappa shape index (κ3) is 7.08. The number of nitrogens with one attached hydrogen (secondary N) is 3. The molecule has 0 bridgehead atoms. The number of hydrogen-bond acceptors (Lipinski definition) is 4. The van der Waals surface area contributed by atoms with Crippen molar-refractivity contribution in [1.29, 1.82) is 0 Å². The number of pyridine rings is 1. The fourth-order valence-electron chi connectivity index (χ4n) is 2.61. The predicted octanol–water partition coefficient (Wildman–Crippen LogP) is 1.27. The smallest absolute Gasteiger partial charge is 0.252 e. The van der Waals surface area contributed by atoms with Crippen LogP contribution in [0.25, 0.3) is 0 Å². The van der Waals surface area contributed by atoms with Crippen molar-refractivity contribution in [3.05, 3.63) is 47.5 Å². The molecule has 8 nitrogen and oxygen atoms in total. The summed E-state index contributed by atoms with van der Waals surface area (Å²) in [6, 6.07) is 5.56. The summed E-state index contributed by atoms with van der Waals surface area (Å²) in [5.74, 6) is 0.623. The van der Waals surface area contributed by atoms with Gasteiger partial charge in [0.15, 0.2) is 5.96 Å². The largest absolute Gasteiger partial charge is 0.357 e. The average molecular weight is 371 g/mol. The van der Waals surface area contributed by atoms with Crippen molar-refractivity contribution in [2.24, 2.45) is 4.99 Å². The van der Waals surface area contributed by atoms with Crippen LogP contribution < -0.4 is 16.0 Å². The maximum absolute atomic E-state index is 12.0. The minimum absolute atomic E-state index is 0.128. The van der Waals surface area contributed by atoms with E-state index >= 15 is 0 Å². The van der Waals surface area contributed by atoms with E-state index in [0.717, 1.165) is 31.2 Å². The molecule has 0 atom stereocenters. The van der Waals surface area contributed by atoms with Crippen LogP contribution in [-0.2, 0) is 6.54 Å². The molecule has 0 aliphatic carbocycles. The molecule has 2 aromatic rings. The minimum atomic E-state index is -0.128. The molecule has 0 radical (unpaired) electrons. The first kappa shape index (κ1) is 20.4. The third-order valence-corrected chi connectivity index (χ3v) is 3.87. The number of aliphatic imine (C=N–C) groups is 1. The Morgan fingerprint density at radius 2 is 2.04 bits per heavy atom. The van der Waals surface area contributed by atoms with Gasteiger partial charge in [-0.1, -0.05) is 0 Å². The molecule has 0 unspecified atom stereocenters. The Hall–Kier alpha value is -2.90. The number of aryl methyl sites for hydroxylation is 3. The predicted molar refractivity (Wildman–Crippen MR) is 107 cm³/mol. The van der Waals surface area contributed by atoms with Gasteiger partial charge in [0.2, 0.25) is 0 Å². The maximum atomic E-state index is 12.0. The van der Waals surface area contributed by atoms with Gasteiger partial charge >= 0.3 is 0 Å². The number of hydrogen-bond donors (Lipinski definition) is 3. The van der Waals surface area contributed by atoms with E-state index in [4.69, 9.17) is 0 Å². The number of aromatic nitrogens is 3. The number of amides is 1. The molecular formula is C19H29N7O. The maximum Gasteiger partial charge on any atom is 0.252 e. The molecule has 2 heterocycles. The lowest BCUT2D eigenvalue weighted by molar-refractivity contribution is 0.0954. The third-order valence-electron chi connectivity index (χ3n) is 3.87. The average Bonchev–Trinajstić information content (AvgIpc) is 2.99. The fourth-order valence-corrected chi connectivity index (χ4v) is 2.61. The van der Waals surface area contributed by atoms with Crippen LogP contribution in [0.2, 0.25) is 0 Å². The molecule has 2 aromatic heterocycles. The van der Waals surface area contributed by atoms with Crippen molar-refractivity contribution >= 4 is 11.9 Å². The van der Waals surface area contributed by atoms with E-state index in [-0.39, 0.29) is 5.91 Å². The number of carbonyl (C=O) groups excluding carboxylic acids is 1. The summed E-state index contributed by atoms with van der Waals surface area (Å²) >= 11 is 0. The first-order chi connectivity index (χ1) is 13.1. The highest BCUT2D eigenvalue weighted by atomic mass is 16.1. The number of rotatable bonds is 9. The van der Waals surface area contributed by atoms with Crippen molar-refractivity contribution in [2.45, 2.75) is 33.7 Å². The SMILES string of the molecule is CCNC(=NCCCn1nc(C)cc1C)NCCNC(=O)c1cccnc1. The van der Waals surface area contributed by atoms with E-state index in [1.54, 1.807) is 24.5 Å². The fraction of sp³-hybridized carbons (Fsp3) is 0.474. The van der Waals surface area contributed by atoms with E-state index < -0.39 is 0 Å². The van der Waals surface area contributed by atoms with Crippen molar-refractivity contribution in [3.63, 3.8) is 0 Å². The van der Waals surface area contributed by atoms with Gasteiger partial charge in [0.05, 0.1) is 11.3 Å². The van der Waals surface area contributed by atoms with Gasteiger partial charge in [-0.15, -0.1) is 0 Å². The Bertz CT molecular complexity index is 740. The minimum Gasteiger partial charge on any atom is -0.357 e. The van der Waals surface area contributed by atoms with Gasteiger partial charge in [-0.2, -0.15) is 5.10 Å². The van der Waals surface area contributed by atoms with Gasteiger partial charge in [0.1, 0.15) is 0 Å². The molecular weight excluding hydrogens is 342 g/mol. The van der Waals surface area contributed by atoms with Gasteiger partial charge in [-0.3, -0.25) is 19.5 Å². The summed E-state index contributed by atoms with van der Waals surface area (Å²) in [6.45, 7) is 9.53. The lowest BCUT2D eigenvalue weighted by Gasteiger charge is -2.12. The van der Waals surface area contributed by atoms with Crippen LogP contribution in [0.1, 0.15) is 35.1 Å². The van der Waals surface area contributed by atoms with Crippen molar-refractivity contribution < 1.29 is 4.79 Å². The lowest BCUT2D eigenvalue weighted by Crippen LogP contribution is -2.41. The summed E-state index contributed by atoms with van der Waals surface area (Å²) in [5.41, 5.74) is 2.77. The molecule has 0 aromatic carbocycles. The summed E-state index contributed by atoms with van der Waals surface area (Å²) in [5, 5.41) is 13.8. The van der Waals surface area contributed by atoms with E-state index in [0.29, 0.717) is 25.2 Å². The second-order valence-corrected chi connectivity index (χ2v) is 6.19. The van der Waals surface area contributed by atoms with Gasteiger partial charge in [-0.25, -0.2) is 0 Å². The lowest BCUT2D eigenvalue weighted by atomic mass is 10.3. The molecule has 3 N–H and O–H groups in total. The Kier molecular flexibility index (Phi) is 8.28.